The maximum atomic E-state index is 12.3. The van der Waals surface area contributed by atoms with E-state index in [1.165, 1.54) is 0 Å². The van der Waals surface area contributed by atoms with Crippen LogP contribution in [0.2, 0.25) is 0 Å². The van der Waals surface area contributed by atoms with Crippen LogP contribution in [0.5, 0.6) is 0 Å². The highest BCUT2D eigenvalue weighted by Crippen LogP contribution is 2.25. The molecular formula is C14H19N3O2. The number of fused-ring (bicyclic) bond motifs is 1. The molecule has 0 aromatic heterocycles. The number of carbonyl (C=O) groups is 1. The first kappa shape index (κ1) is 12.4. The van der Waals surface area contributed by atoms with Crippen molar-refractivity contribution in [2.24, 2.45) is 0 Å². The summed E-state index contributed by atoms with van der Waals surface area (Å²) >= 11 is 0. The van der Waals surface area contributed by atoms with Crippen LogP contribution in [0.15, 0.2) is 18.2 Å². The molecule has 3 rings (SSSR count). The maximum absolute atomic E-state index is 12.3. The highest BCUT2D eigenvalue weighted by Gasteiger charge is 2.30. The predicted octanol–water partition coefficient (Wildman–Crippen LogP) is 0.555. The Morgan fingerprint density at radius 1 is 1.47 bits per heavy atom. The second kappa shape index (κ2) is 4.83. The summed E-state index contributed by atoms with van der Waals surface area (Å²) in [6, 6.07) is 5.56. The van der Waals surface area contributed by atoms with Gasteiger partial charge in [0.2, 0.25) is 0 Å². The molecule has 5 nitrogen and oxygen atoms in total. The normalized spacial score (nSPS) is 23.7. The van der Waals surface area contributed by atoms with E-state index in [2.05, 4.69) is 11.9 Å². The zero-order valence-corrected chi connectivity index (χ0v) is 11.1. The van der Waals surface area contributed by atoms with E-state index >= 15 is 0 Å². The summed E-state index contributed by atoms with van der Waals surface area (Å²) in [4.78, 5) is 16.4. The Hall–Kier alpha value is -1.59. The summed E-state index contributed by atoms with van der Waals surface area (Å²) in [5.41, 5.74) is 8.18. The smallest absolute Gasteiger partial charge is 0.254 e. The number of hydrogen-bond donors (Lipinski definition) is 1. The molecule has 0 bridgehead atoms. The van der Waals surface area contributed by atoms with Crippen molar-refractivity contribution in [3.63, 3.8) is 0 Å². The third-order valence-corrected chi connectivity index (χ3v) is 3.78. The van der Waals surface area contributed by atoms with Crippen LogP contribution in [0.25, 0.3) is 0 Å². The molecule has 1 amide bonds. The predicted molar refractivity (Wildman–Crippen MR) is 72.8 cm³/mol. The highest BCUT2D eigenvalue weighted by atomic mass is 16.5. The summed E-state index contributed by atoms with van der Waals surface area (Å²) in [5, 5.41) is 0. The van der Waals surface area contributed by atoms with Gasteiger partial charge in [-0.15, -0.1) is 0 Å². The molecule has 102 valence electrons. The molecule has 1 aromatic rings. The summed E-state index contributed by atoms with van der Waals surface area (Å²) in [5.74, 6) is 0.0686. The van der Waals surface area contributed by atoms with Crippen LogP contribution in [0.4, 0.5) is 5.69 Å². The van der Waals surface area contributed by atoms with Crippen LogP contribution in [-0.2, 0) is 11.3 Å². The van der Waals surface area contributed by atoms with Gasteiger partial charge < -0.3 is 20.3 Å². The molecule has 1 aromatic carbocycles. The van der Waals surface area contributed by atoms with Gasteiger partial charge in [-0.05, 0) is 24.7 Å². The Morgan fingerprint density at radius 3 is 3.11 bits per heavy atom. The van der Waals surface area contributed by atoms with E-state index in [1.54, 1.807) is 6.07 Å². The van der Waals surface area contributed by atoms with E-state index in [9.17, 15) is 4.79 Å². The molecule has 1 saturated heterocycles. The average molecular weight is 261 g/mol. The zero-order chi connectivity index (χ0) is 13.4. The Balaban J connectivity index is 1.70. The van der Waals surface area contributed by atoms with Crippen LogP contribution in [0.1, 0.15) is 15.9 Å². The number of carbonyl (C=O) groups excluding carboxylic acids is 1. The van der Waals surface area contributed by atoms with Crippen LogP contribution < -0.4 is 5.73 Å². The number of benzene rings is 1. The Morgan fingerprint density at radius 2 is 2.32 bits per heavy atom. The van der Waals surface area contributed by atoms with Crippen molar-refractivity contribution in [2.45, 2.75) is 12.6 Å². The largest absolute Gasteiger partial charge is 0.399 e. The first-order chi connectivity index (χ1) is 9.13. The van der Waals surface area contributed by atoms with Crippen LogP contribution >= 0.6 is 0 Å². The average Bonchev–Trinajstić information content (AvgIpc) is 2.67. The summed E-state index contributed by atoms with van der Waals surface area (Å²) < 4.78 is 5.72. The van der Waals surface area contributed by atoms with Gasteiger partial charge in [-0.3, -0.25) is 4.79 Å². The highest BCUT2D eigenvalue weighted by molar-refractivity contribution is 5.99. The lowest BCUT2D eigenvalue weighted by molar-refractivity contribution is -0.0326. The number of hydrogen-bond acceptors (Lipinski definition) is 4. The number of nitrogens with zero attached hydrogens (tertiary/aromatic N) is 2. The van der Waals surface area contributed by atoms with Crippen LogP contribution in [0.3, 0.4) is 0 Å². The second-order valence-electron chi connectivity index (χ2n) is 5.36. The molecule has 1 atom stereocenters. The quantitative estimate of drug-likeness (QED) is 0.790. The lowest BCUT2D eigenvalue weighted by atomic mass is 10.1. The molecule has 0 saturated carbocycles. The molecule has 2 heterocycles. The fourth-order valence-electron chi connectivity index (χ4n) is 2.75. The van der Waals surface area contributed by atoms with Crippen molar-refractivity contribution in [1.82, 2.24) is 9.80 Å². The molecule has 0 radical (unpaired) electrons. The second-order valence-corrected chi connectivity index (χ2v) is 5.36. The van der Waals surface area contributed by atoms with Gasteiger partial charge in [-0.1, -0.05) is 6.07 Å². The Kier molecular flexibility index (Phi) is 3.16. The molecule has 19 heavy (non-hydrogen) atoms. The van der Waals surface area contributed by atoms with E-state index in [-0.39, 0.29) is 12.0 Å². The van der Waals surface area contributed by atoms with E-state index < -0.39 is 0 Å². The van der Waals surface area contributed by atoms with Gasteiger partial charge in [-0.25, -0.2) is 0 Å². The minimum Gasteiger partial charge on any atom is -0.399 e. The number of amides is 1. The summed E-state index contributed by atoms with van der Waals surface area (Å²) in [6.07, 6.45) is 0.106. The molecule has 1 unspecified atom stereocenters. The minimum atomic E-state index is 0.0686. The van der Waals surface area contributed by atoms with Crippen molar-refractivity contribution in [1.29, 1.82) is 0 Å². The van der Waals surface area contributed by atoms with Gasteiger partial charge >= 0.3 is 0 Å². The van der Waals surface area contributed by atoms with E-state index in [0.717, 1.165) is 30.8 Å². The van der Waals surface area contributed by atoms with E-state index in [1.807, 2.05) is 17.0 Å². The van der Waals surface area contributed by atoms with E-state index in [4.69, 9.17) is 10.5 Å². The van der Waals surface area contributed by atoms with Gasteiger partial charge in [-0.2, -0.15) is 0 Å². The zero-order valence-electron chi connectivity index (χ0n) is 11.1. The first-order valence-corrected chi connectivity index (χ1v) is 6.61. The monoisotopic (exact) mass is 261 g/mol. The van der Waals surface area contributed by atoms with Crippen molar-refractivity contribution in [3.8, 4) is 0 Å². The molecule has 2 N–H and O–H groups in total. The van der Waals surface area contributed by atoms with Crippen molar-refractivity contribution < 1.29 is 9.53 Å². The number of nitrogens with two attached hydrogens (primary N) is 1. The van der Waals surface area contributed by atoms with Crippen molar-refractivity contribution in [3.05, 3.63) is 29.3 Å². The first-order valence-electron chi connectivity index (χ1n) is 6.61. The molecule has 1 fully saturated rings. The standard InChI is InChI=1S/C14H19N3O2/c1-16-4-5-19-12(8-16)9-17-7-10-2-3-11(15)6-13(10)14(17)18/h2-3,6,12H,4-5,7-9,15H2,1H3. The van der Waals surface area contributed by atoms with Gasteiger partial charge in [0.25, 0.3) is 5.91 Å². The molecule has 5 heteroatoms. The fourth-order valence-corrected chi connectivity index (χ4v) is 2.75. The molecule has 0 spiro atoms. The Labute approximate surface area is 112 Å². The van der Waals surface area contributed by atoms with Gasteiger partial charge in [0.05, 0.1) is 12.7 Å². The van der Waals surface area contributed by atoms with Gasteiger partial charge in [0.15, 0.2) is 0 Å². The number of morpholine rings is 1. The fraction of sp³-hybridized carbons (Fsp3) is 0.500. The lowest BCUT2D eigenvalue weighted by Gasteiger charge is -2.32. The van der Waals surface area contributed by atoms with E-state index in [0.29, 0.717) is 18.8 Å². The number of nitrogen functional groups attached to an aromatic ring is 1. The van der Waals surface area contributed by atoms with Gasteiger partial charge in [0, 0.05) is 37.4 Å². The van der Waals surface area contributed by atoms with Crippen LogP contribution in [0, 0.1) is 0 Å². The number of rotatable bonds is 2. The van der Waals surface area contributed by atoms with Crippen molar-refractivity contribution in [2.75, 3.05) is 39.0 Å². The number of ether oxygens (including phenoxy) is 1. The Bertz CT molecular complexity index is 503. The van der Waals surface area contributed by atoms with Crippen molar-refractivity contribution >= 4 is 11.6 Å². The molecule has 2 aliphatic rings. The third-order valence-electron chi connectivity index (χ3n) is 3.78. The third kappa shape index (κ3) is 2.43. The lowest BCUT2D eigenvalue weighted by Crippen LogP contribution is -2.46. The molecular weight excluding hydrogens is 242 g/mol. The molecule has 2 aliphatic heterocycles. The topological polar surface area (TPSA) is 58.8 Å². The summed E-state index contributed by atoms with van der Waals surface area (Å²) in [6.45, 7) is 3.89. The SMILES string of the molecule is CN1CCOC(CN2Cc3ccc(N)cc3C2=O)C1. The summed E-state index contributed by atoms with van der Waals surface area (Å²) in [7, 11) is 2.08. The number of anilines is 1. The maximum Gasteiger partial charge on any atom is 0.254 e. The van der Waals surface area contributed by atoms with Crippen LogP contribution in [-0.4, -0.2) is 55.1 Å². The molecule has 0 aliphatic carbocycles. The van der Waals surface area contributed by atoms with Gasteiger partial charge in [0.1, 0.15) is 0 Å². The number of likely N-dealkylation sites (N-methyl/N-ethyl adjacent to an activating group) is 1. The minimum absolute atomic E-state index is 0.0686.